The molecule has 2 N–H and O–H groups in total. The molecule has 0 aliphatic rings. The fourth-order valence-electron chi connectivity index (χ4n) is 1.45. The Morgan fingerprint density at radius 2 is 1.47 bits per heavy atom. The maximum absolute atomic E-state index is 13.3. The second kappa shape index (κ2) is 5.21. The van der Waals surface area contributed by atoms with Gasteiger partial charge in [0, 0.05) is 0 Å². The van der Waals surface area contributed by atoms with Gasteiger partial charge in [0.1, 0.15) is 11.6 Å². The van der Waals surface area contributed by atoms with Crippen molar-refractivity contribution < 1.29 is 9.13 Å². The van der Waals surface area contributed by atoms with Gasteiger partial charge in [-0.15, -0.1) is 0 Å². The van der Waals surface area contributed by atoms with Gasteiger partial charge in [-0.05, 0) is 24.3 Å². The van der Waals surface area contributed by atoms with Crippen LogP contribution in [0.5, 0.6) is 5.75 Å². The summed E-state index contributed by atoms with van der Waals surface area (Å²) in [6, 6.07) is 13.8. The van der Waals surface area contributed by atoms with Crippen LogP contribution in [0.4, 0.5) is 15.8 Å². The molecule has 0 spiro atoms. The number of hydrogen-bond acceptors (Lipinski definition) is 3. The molecule has 0 fully saturated rings. The number of methoxy groups -OCH3 is 1. The van der Waals surface area contributed by atoms with Crippen LogP contribution in [-0.2, 0) is 0 Å². The molecule has 0 aliphatic heterocycles. The first-order chi connectivity index (χ1) is 8.31. The Morgan fingerprint density at radius 1 is 0.882 bits per heavy atom. The summed E-state index contributed by atoms with van der Waals surface area (Å²) < 4.78 is 18.5. The smallest absolute Gasteiger partial charge is 0.148 e. The molecular formula is C13H13FN2O. The molecule has 0 aliphatic carbocycles. The first kappa shape index (κ1) is 11.3. The van der Waals surface area contributed by atoms with E-state index in [-0.39, 0.29) is 5.82 Å². The molecule has 0 aromatic heterocycles. The van der Waals surface area contributed by atoms with Crippen molar-refractivity contribution in [2.75, 3.05) is 18.0 Å². The molecular weight excluding hydrogens is 219 g/mol. The van der Waals surface area contributed by atoms with E-state index >= 15 is 0 Å². The topological polar surface area (TPSA) is 33.3 Å². The summed E-state index contributed by atoms with van der Waals surface area (Å²) in [6.45, 7) is 0. The zero-order valence-electron chi connectivity index (χ0n) is 9.41. The van der Waals surface area contributed by atoms with Gasteiger partial charge in [-0.2, -0.15) is 0 Å². The molecule has 0 unspecified atom stereocenters. The predicted octanol–water partition coefficient (Wildman–Crippen LogP) is 3.27. The van der Waals surface area contributed by atoms with Crippen molar-refractivity contribution in [1.82, 2.24) is 0 Å². The largest absolute Gasteiger partial charge is 0.495 e. The number of anilines is 2. The molecule has 0 radical (unpaired) electrons. The Hall–Kier alpha value is -2.23. The average molecular weight is 232 g/mol. The Morgan fingerprint density at radius 3 is 2.18 bits per heavy atom. The molecule has 17 heavy (non-hydrogen) atoms. The van der Waals surface area contributed by atoms with Crippen molar-refractivity contribution in [3.63, 3.8) is 0 Å². The molecule has 0 amide bonds. The van der Waals surface area contributed by atoms with Crippen molar-refractivity contribution in [1.29, 1.82) is 0 Å². The van der Waals surface area contributed by atoms with Gasteiger partial charge in [0.2, 0.25) is 0 Å². The molecule has 0 atom stereocenters. The van der Waals surface area contributed by atoms with Crippen molar-refractivity contribution >= 4 is 11.4 Å². The van der Waals surface area contributed by atoms with Gasteiger partial charge in [-0.25, -0.2) is 4.39 Å². The van der Waals surface area contributed by atoms with E-state index in [1.807, 2.05) is 24.3 Å². The summed E-state index contributed by atoms with van der Waals surface area (Å²) in [5.74, 6) is 0.381. The van der Waals surface area contributed by atoms with Crippen LogP contribution >= 0.6 is 0 Å². The first-order valence-electron chi connectivity index (χ1n) is 5.21. The highest BCUT2D eigenvalue weighted by molar-refractivity contribution is 5.60. The predicted molar refractivity (Wildman–Crippen MR) is 66.6 cm³/mol. The van der Waals surface area contributed by atoms with E-state index in [9.17, 15) is 4.39 Å². The van der Waals surface area contributed by atoms with Crippen LogP contribution in [-0.4, -0.2) is 7.11 Å². The highest BCUT2D eigenvalue weighted by Gasteiger charge is 2.02. The maximum atomic E-state index is 13.3. The molecule has 0 bridgehead atoms. The Kier molecular flexibility index (Phi) is 3.45. The van der Waals surface area contributed by atoms with Gasteiger partial charge in [-0.3, -0.25) is 10.9 Å². The standard InChI is InChI=1S/C13H13FN2O/c1-17-13-9-5-4-8-12(13)16-15-11-7-3-2-6-10(11)14/h2-9,15-16H,1H3. The fraction of sp³-hybridized carbons (Fsp3) is 0.0769. The molecule has 3 nitrogen and oxygen atoms in total. The lowest BCUT2D eigenvalue weighted by molar-refractivity contribution is 0.416. The Bertz CT molecular complexity index is 502. The number of hydrazine groups is 1. The number of hydrogen-bond donors (Lipinski definition) is 2. The Balaban J connectivity index is 2.10. The number of halogens is 1. The minimum Gasteiger partial charge on any atom is -0.495 e. The van der Waals surface area contributed by atoms with Crippen LogP contribution in [0.1, 0.15) is 0 Å². The van der Waals surface area contributed by atoms with E-state index in [0.717, 1.165) is 5.69 Å². The number of para-hydroxylation sites is 3. The number of benzene rings is 2. The van der Waals surface area contributed by atoms with E-state index in [4.69, 9.17) is 4.74 Å². The lowest BCUT2D eigenvalue weighted by Crippen LogP contribution is -2.10. The summed E-state index contributed by atoms with van der Waals surface area (Å²) >= 11 is 0. The normalized spacial score (nSPS) is 9.76. The number of nitrogens with one attached hydrogen (secondary N) is 2. The second-order valence-corrected chi connectivity index (χ2v) is 3.43. The highest BCUT2D eigenvalue weighted by atomic mass is 19.1. The van der Waals surface area contributed by atoms with E-state index in [1.54, 1.807) is 25.3 Å². The number of rotatable bonds is 4. The van der Waals surface area contributed by atoms with Gasteiger partial charge in [0.05, 0.1) is 18.5 Å². The maximum Gasteiger partial charge on any atom is 0.148 e. The van der Waals surface area contributed by atoms with Crippen molar-refractivity contribution in [3.8, 4) is 5.75 Å². The summed E-state index contributed by atoms with van der Waals surface area (Å²) in [7, 11) is 1.59. The summed E-state index contributed by atoms with van der Waals surface area (Å²) in [5, 5.41) is 0. The Labute approximate surface area is 99.2 Å². The van der Waals surface area contributed by atoms with Crippen LogP contribution in [0.3, 0.4) is 0 Å². The van der Waals surface area contributed by atoms with Gasteiger partial charge in [-0.1, -0.05) is 24.3 Å². The average Bonchev–Trinajstić information content (AvgIpc) is 2.38. The minimum absolute atomic E-state index is 0.310. The van der Waals surface area contributed by atoms with E-state index in [0.29, 0.717) is 11.4 Å². The van der Waals surface area contributed by atoms with Crippen LogP contribution < -0.4 is 15.6 Å². The minimum atomic E-state index is -0.310. The van der Waals surface area contributed by atoms with E-state index < -0.39 is 0 Å². The zero-order chi connectivity index (χ0) is 12.1. The molecule has 0 saturated carbocycles. The van der Waals surface area contributed by atoms with Crippen molar-refractivity contribution in [3.05, 3.63) is 54.3 Å². The van der Waals surface area contributed by atoms with Crippen LogP contribution in [0.15, 0.2) is 48.5 Å². The second-order valence-electron chi connectivity index (χ2n) is 3.43. The molecule has 0 heterocycles. The van der Waals surface area contributed by atoms with Crippen molar-refractivity contribution in [2.45, 2.75) is 0 Å². The molecule has 4 heteroatoms. The molecule has 2 aromatic carbocycles. The van der Waals surface area contributed by atoms with Gasteiger partial charge in [0.25, 0.3) is 0 Å². The van der Waals surface area contributed by atoms with Crippen LogP contribution in [0.2, 0.25) is 0 Å². The summed E-state index contributed by atoms with van der Waals surface area (Å²) in [5.41, 5.74) is 6.84. The van der Waals surface area contributed by atoms with E-state index in [1.165, 1.54) is 6.07 Å². The quantitative estimate of drug-likeness (QED) is 0.794. The highest BCUT2D eigenvalue weighted by Crippen LogP contribution is 2.23. The van der Waals surface area contributed by atoms with Crippen LogP contribution in [0.25, 0.3) is 0 Å². The number of ether oxygens (including phenoxy) is 1. The lowest BCUT2D eigenvalue weighted by atomic mass is 10.3. The van der Waals surface area contributed by atoms with E-state index in [2.05, 4.69) is 10.9 Å². The lowest BCUT2D eigenvalue weighted by Gasteiger charge is -2.13. The monoisotopic (exact) mass is 232 g/mol. The zero-order valence-corrected chi connectivity index (χ0v) is 9.41. The third kappa shape index (κ3) is 2.66. The van der Waals surface area contributed by atoms with Gasteiger partial charge >= 0.3 is 0 Å². The fourth-order valence-corrected chi connectivity index (χ4v) is 1.45. The third-order valence-corrected chi connectivity index (χ3v) is 2.31. The first-order valence-corrected chi connectivity index (χ1v) is 5.21. The molecule has 2 aromatic rings. The van der Waals surface area contributed by atoms with Crippen molar-refractivity contribution in [2.24, 2.45) is 0 Å². The third-order valence-electron chi connectivity index (χ3n) is 2.31. The van der Waals surface area contributed by atoms with Gasteiger partial charge < -0.3 is 4.74 Å². The molecule has 0 saturated heterocycles. The molecule has 2 rings (SSSR count). The SMILES string of the molecule is COc1ccccc1NNc1ccccc1F. The van der Waals surface area contributed by atoms with Crippen LogP contribution in [0, 0.1) is 5.82 Å². The molecule has 88 valence electrons. The summed E-state index contributed by atoms with van der Waals surface area (Å²) in [4.78, 5) is 0. The van der Waals surface area contributed by atoms with Gasteiger partial charge in [0.15, 0.2) is 0 Å². The summed E-state index contributed by atoms with van der Waals surface area (Å²) in [6.07, 6.45) is 0.